The Morgan fingerprint density at radius 1 is 1.20 bits per heavy atom. The van der Waals surface area contributed by atoms with Gasteiger partial charge in [-0.3, -0.25) is 0 Å². The molecule has 0 saturated carbocycles. The highest BCUT2D eigenvalue weighted by molar-refractivity contribution is 9.10. The average molecular weight is 388 g/mol. The van der Waals surface area contributed by atoms with Gasteiger partial charge in [0.2, 0.25) is 0 Å². The molecule has 0 spiro atoms. The van der Waals surface area contributed by atoms with E-state index in [0.717, 1.165) is 4.88 Å². The van der Waals surface area contributed by atoms with E-state index in [0.29, 0.717) is 16.7 Å². The van der Waals surface area contributed by atoms with E-state index < -0.39 is 6.36 Å². The Bertz CT molecular complexity index is 601. The molecular weight excluding hydrogens is 381 g/mol. The van der Waals surface area contributed by atoms with Crippen LogP contribution in [0, 0.1) is 0 Å². The normalized spacial score (nSPS) is 11.4. The fourth-order valence-electron chi connectivity index (χ4n) is 1.36. The summed E-state index contributed by atoms with van der Waals surface area (Å²) in [6.45, 7) is 0.295. The lowest BCUT2D eigenvalue weighted by Crippen LogP contribution is -2.17. The molecule has 0 fully saturated rings. The third-order valence-corrected chi connectivity index (χ3v) is 3.96. The Balaban J connectivity index is 2.01. The summed E-state index contributed by atoms with van der Waals surface area (Å²) < 4.78 is 46.4. The summed E-state index contributed by atoms with van der Waals surface area (Å²) >= 11 is 10.2. The van der Waals surface area contributed by atoms with E-state index in [-0.39, 0.29) is 10.2 Å². The summed E-state index contributed by atoms with van der Waals surface area (Å²) in [6.07, 6.45) is -4.72. The van der Waals surface area contributed by atoms with Crippen molar-refractivity contribution in [1.82, 2.24) is 0 Å². The lowest BCUT2D eigenvalue weighted by Gasteiger charge is -2.12. The molecule has 0 unspecified atom stereocenters. The minimum absolute atomic E-state index is 0.163. The summed E-state index contributed by atoms with van der Waals surface area (Å²) in [4.78, 5) is 0.918. The van der Waals surface area contributed by atoms with Gasteiger partial charge in [-0.15, -0.1) is 24.5 Å². The van der Waals surface area contributed by atoms with Crippen molar-refractivity contribution in [3.05, 3.63) is 44.0 Å². The molecule has 0 amide bonds. The molecule has 2 rings (SSSR count). The van der Waals surface area contributed by atoms with E-state index in [1.54, 1.807) is 6.07 Å². The first-order valence-corrected chi connectivity index (χ1v) is 7.24. The number of thiophene rings is 1. The molecule has 0 N–H and O–H groups in total. The van der Waals surface area contributed by atoms with Crippen molar-refractivity contribution < 1.29 is 22.6 Å². The molecular formula is C12H7BrClF3O2S. The number of ether oxygens (including phenoxy) is 2. The number of halogens is 5. The molecule has 1 heterocycles. The minimum Gasteiger partial charge on any atom is -0.488 e. The Morgan fingerprint density at radius 3 is 2.50 bits per heavy atom. The lowest BCUT2D eigenvalue weighted by atomic mass is 10.3. The van der Waals surface area contributed by atoms with Gasteiger partial charge >= 0.3 is 6.36 Å². The van der Waals surface area contributed by atoms with Crippen LogP contribution in [0.2, 0.25) is 4.34 Å². The van der Waals surface area contributed by atoms with Crippen LogP contribution in [-0.4, -0.2) is 6.36 Å². The predicted molar refractivity (Wildman–Crippen MR) is 74.5 cm³/mol. The van der Waals surface area contributed by atoms with E-state index in [1.165, 1.54) is 29.5 Å². The molecule has 0 radical (unpaired) electrons. The van der Waals surface area contributed by atoms with Crippen LogP contribution in [0.4, 0.5) is 13.2 Å². The maximum Gasteiger partial charge on any atom is 0.573 e. The first kappa shape index (κ1) is 15.5. The van der Waals surface area contributed by atoms with Crippen LogP contribution >= 0.6 is 38.9 Å². The van der Waals surface area contributed by atoms with Crippen LogP contribution in [0.25, 0.3) is 0 Å². The average Bonchev–Trinajstić information content (AvgIpc) is 2.74. The smallest absolute Gasteiger partial charge is 0.488 e. The van der Waals surface area contributed by atoms with E-state index in [9.17, 15) is 13.2 Å². The van der Waals surface area contributed by atoms with Gasteiger partial charge in [-0.2, -0.15) is 0 Å². The fraction of sp³-hybridized carbons (Fsp3) is 0.167. The van der Waals surface area contributed by atoms with Gasteiger partial charge in [-0.05, 0) is 46.3 Å². The van der Waals surface area contributed by atoms with E-state index >= 15 is 0 Å². The largest absolute Gasteiger partial charge is 0.573 e. The van der Waals surface area contributed by atoms with Gasteiger partial charge in [0.25, 0.3) is 0 Å². The fourth-order valence-corrected chi connectivity index (χ4v) is 2.80. The highest BCUT2D eigenvalue weighted by atomic mass is 79.9. The van der Waals surface area contributed by atoms with Gasteiger partial charge in [-0.1, -0.05) is 11.6 Å². The molecule has 1 aromatic heterocycles. The van der Waals surface area contributed by atoms with Crippen molar-refractivity contribution in [2.75, 3.05) is 0 Å². The van der Waals surface area contributed by atoms with Crippen molar-refractivity contribution in [2.45, 2.75) is 13.0 Å². The first-order valence-electron chi connectivity index (χ1n) is 5.26. The van der Waals surface area contributed by atoms with E-state index in [1.807, 2.05) is 6.07 Å². The monoisotopic (exact) mass is 386 g/mol. The molecule has 0 aliphatic heterocycles. The van der Waals surface area contributed by atoms with Crippen LogP contribution in [0.5, 0.6) is 11.5 Å². The number of benzene rings is 1. The van der Waals surface area contributed by atoms with Crippen LogP contribution in [-0.2, 0) is 6.61 Å². The molecule has 20 heavy (non-hydrogen) atoms. The second kappa shape index (κ2) is 6.24. The molecule has 1 aromatic carbocycles. The molecule has 0 bridgehead atoms. The van der Waals surface area contributed by atoms with Crippen molar-refractivity contribution in [3.63, 3.8) is 0 Å². The molecule has 2 aromatic rings. The Morgan fingerprint density at radius 2 is 1.95 bits per heavy atom. The quantitative estimate of drug-likeness (QED) is 0.676. The van der Waals surface area contributed by atoms with Crippen LogP contribution in [0.3, 0.4) is 0 Å². The van der Waals surface area contributed by atoms with Gasteiger partial charge in [0.15, 0.2) is 0 Å². The van der Waals surface area contributed by atoms with Crippen molar-refractivity contribution in [2.24, 2.45) is 0 Å². The van der Waals surface area contributed by atoms with Gasteiger partial charge in [-0.25, -0.2) is 0 Å². The SMILES string of the molecule is FC(F)(F)Oc1ccc(OCc2ccc(Cl)s2)cc1Br. The topological polar surface area (TPSA) is 18.5 Å². The maximum atomic E-state index is 12.1. The zero-order valence-electron chi connectivity index (χ0n) is 9.71. The standard InChI is InChI=1S/C12H7BrClF3O2S/c13-9-5-7(1-3-10(9)19-12(15,16)17)18-6-8-2-4-11(14)20-8/h1-5H,6H2. The molecule has 0 aliphatic carbocycles. The molecule has 0 atom stereocenters. The third-order valence-electron chi connectivity index (χ3n) is 2.14. The number of rotatable bonds is 4. The lowest BCUT2D eigenvalue weighted by molar-refractivity contribution is -0.274. The molecule has 108 valence electrons. The van der Waals surface area contributed by atoms with E-state index in [4.69, 9.17) is 16.3 Å². The molecule has 0 aliphatic rings. The summed E-state index contributed by atoms with van der Waals surface area (Å²) in [7, 11) is 0. The van der Waals surface area contributed by atoms with Crippen LogP contribution < -0.4 is 9.47 Å². The number of hydrogen-bond donors (Lipinski definition) is 0. The number of alkyl halides is 3. The summed E-state index contributed by atoms with van der Waals surface area (Å²) in [5.41, 5.74) is 0. The Hall–Kier alpha value is -0.920. The van der Waals surface area contributed by atoms with Crippen molar-refractivity contribution in [3.8, 4) is 11.5 Å². The summed E-state index contributed by atoms with van der Waals surface area (Å²) in [5, 5.41) is 0. The maximum absolute atomic E-state index is 12.1. The second-order valence-corrected chi connectivity index (χ2v) is 6.29. The third kappa shape index (κ3) is 4.57. The van der Waals surface area contributed by atoms with Gasteiger partial charge in [0.1, 0.15) is 18.1 Å². The molecule has 2 nitrogen and oxygen atoms in total. The molecule has 8 heteroatoms. The predicted octanol–water partition coefficient (Wildman–Crippen LogP) is 5.64. The van der Waals surface area contributed by atoms with Gasteiger partial charge < -0.3 is 9.47 Å². The highest BCUT2D eigenvalue weighted by Gasteiger charge is 2.31. The van der Waals surface area contributed by atoms with Crippen molar-refractivity contribution in [1.29, 1.82) is 0 Å². The minimum atomic E-state index is -4.72. The number of hydrogen-bond acceptors (Lipinski definition) is 3. The van der Waals surface area contributed by atoms with Crippen LogP contribution in [0.15, 0.2) is 34.8 Å². The zero-order chi connectivity index (χ0) is 14.8. The zero-order valence-corrected chi connectivity index (χ0v) is 12.9. The Labute approximate surface area is 130 Å². The second-order valence-electron chi connectivity index (χ2n) is 3.63. The summed E-state index contributed by atoms with van der Waals surface area (Å²) in [5.74, 6) is 0.111. The van der Waals surface area contributed by atoms with Gasteiger partial charge in [0, 0.05) is 4.88 Å². The van der Waals surface area contributed by atoms with Crippen LogP contribution in [0.1, 0.15) is 4.88 Å². The highest BCUT2D eigenvalue weighted by Crippen LogP contribution is 2.33. The van der Waals surface area contributed by atoms with E-state index in [2.05, 4.69) is 20.7 Å². The Kier molecular flexibility index (Phi) is 4.82. The summed E-state index contributed by atoms with van der Waals surface area (Å²) in [6, 6.07) is 7.58. The molecule has 0 saturated heterocycles. The van der Waals surface area contributed by atoms with Crippen molar-refractivity contribution >= 4 is 38.9 Å². The van der Waals surface area contributed by atoms with Gasteiger partial charge in [0.05, 0.1) is 8.81 Å². The first-order chi connectivity index (χ1) is 9.33.